The van der Waals surface area contributed by atoms with Crippen molar-refractivity contribution in [2.24, 2.45) is 0 Å². The summed E-state index contributed by atoms with van der Waals surface area (Å²) in [6.45, 7) is 0.794. The molecule has 3 aromatic heterocycles. The second-order valence-corrected chi connectivity index (χ2v) is 5.05. The molecule has 3 aromatic rings. The molecule has 0 amide bonds. The van der Waals surface area contributed by atoms with Crippen LogP contribution in [0.25, 0.3) is 11.2 Å². The predicted octanol–water partition coefficient (Wildman–Crippen LogP) is 3.16. The van der Waals surface area contributed by atoms with Gasteiger partial charge in [0, 0.05) is 18.9 Å². The minimum absolute atomic E-state index is 0.137. The third kappa shape index (κ3) is 2.73. The van der Waals surface area contributed by atoms with E-state index in [0.29, 0.717) is 11.2 Å². The van der Waals surface area contributed by atoms with E-state index >= 15 is 0 Å². The van der Waals surface area contributed by atoms with E-state index in [1.54, 1.807) is 18.7 Å². The fourth-order valence-electron chi connectivity index (χ4n) is 2.05. The lowest BCUT2D eigenvalue weighted by Gasteiger charge is -2.04. The normalized spacial score (nSPS) is 11.1. The van der Waals surface area contributed by atoms with Gasteiger partial charge >= 0.3 is 0 Å². The van der Waals surface area contributed by atoms with Gasteiger partial charge in [0.15, 0.2) is 10.8 Å². The molecule has 3 heterocycles. The van der Waals surface area contributed by atoms with Gasteiger partial charge in [-0.3, -0.25) is 4.98 Å². The molecule has 3 rings (SSSR count). The Hall–Kier alpha value is -1.72. The van der Waals surface area contributed by atoms with Crippen LogP contribution in [0.2, 0.25) is 10.4 Å². The van der Waals surface area contributed by atoms with Crippen LogP contribution in [0, 0.1) is 0 Å². The van der Waals surface area contributed by atoms with Crippen LogP contribution >= 0.6 is 23.2 Å². The summed E-state index contributed by atoms with van der Waals surface area (Å²) in [6.07, 6.45) is 7.25. The maximum atomic E-state index is 5.99. The van der Waals surface area contributed by atoms with Crippen molar-refractivity contribution in [1.82, 2.24) is 24.5 Å². The van der Waals surface area contributed by atoms with Gasteiger partial charge in [0.1, 0.15) is 5.52 Å². The predicted molar refractivity (Wildman–Crippen MR) is 77.9 cm³/mol. The molecular weight excluding hydrogens is 297 g/mol. The van der Waals surface area contributed by atoms with Crippen LogP contribution in [0.1, 0.15) is 12.0 Å². The van der Waals surface area contributed by atoms with Gasteiger partial charge in [-0.25, -0.2) is 9.97 Å². The summed E-state index contributed by atoms with van der Waals surface area (Å²) in [5, 5.41) is 0.422. The minimum atomic E-state index is 0.137. The van der Waals surface area contributed by atoms with Crippen LogP contribution < -0.4 is 0 Å². The molecule has 0 aliphatic carbocycles. The van der Waals surface area contributed by atoms with Gasteiger partial charge in [-0.05, 0) is 42.1 Å². The second kappa shape index (κ2) is 5.73. The van der Waals surface area contributed by atoms with E-state index in [1.165, 1.54) is 5.56 Å². The van der Waals surface area contributed by atoms with Gasteiger partial charge in [-0.2, -0.15) is 4.98 Å². The number of pyridine rings is 1. The lowest BCUT2D eigenvalue weighted by molar-refractivity contribution is 0.652. The zero-order valence-electron chi connectivity index (χ0n) is 10.5. The Morgan fingerprint density at radius 3 is 2.70 bits per heavy atom. The second-order valence-electron chi connectivity index (χ2n) is 4.35. The standard InChI is InChI=1S/C13H11Cl2N5/c14-11-10-12(19-13(15)18-11)20(8-17-10)7-1-2-9-3-5-16-6-4-9/h3-6,8H,1-2,7H2. The maximum Gasteiger partial charge on any atom is 0.225 e. The smallest absolute Gasteiger partial charge is 0.225 e. The topological polar surface area (TPSA) is 56.5 Å². The van der Waals surface area contributed by atoms with Crippen molar-refractivity contribution in [3.63, 3.8) is 0 Å². The SMILES string of the molecule is Clc1nc(Cl)c2ncn(CCCc3ccncc3)c2n1. The van der Waals surface area contributed by atoms with Gasteiger partial charge in [-0.15, -0.1) is 0 Å². The van der Waals surface area contributed by atoms with E-state index in [1.807, 2.05) is 16.7 Å². The zero-order valence-corrected chi connectivity index (χ0v) is 12.0. The molecule has 0 aliphatic rings. The summed E-state index contributed by atoms with van der Waals surface area (Å²) in [7, 11) is 0. The number of hydrogen-bond acceptors (Lipinski definition) is 4. The average molecular weight is 308 g/mol. The Morgan fingerprint density at radius 2 is 1.90 bits per heavy atom. The lowest BCUT2D eigenvalue weighted by atomic mass is 10.1. The van der Waals surface area contributed by atoms with Crippen molar-refractivity contribution in [2.45, 2.75) is 19.4 Å². The molecule has 0 aromatic carbocycles. The molecule has 0 fully saturated rings. The first-order valence-corrected chi connectivity index (χ1v) is 6.92. The van der Waals surface area contributed by atoms with Crippen LogP contribution in [0.3, 0.4) is 0 Å². The van der Waals surface area contributed by atoms with E-state index < -0.39 is 0 Å². The molecule has 7 heteroatoms. The summed E-state index contributed by atoms with van der Waals surface area (Å²) in [5.41, 5.74) is 2.51. The highest BCUT2D eigenvalue weighted by Gasteiger charge is 2.10. The monoisotopic (exact) mass is 307 g/mol. The number of aromatic nitrogens is 5. The first-order valence-electron chi connectivity index (χ1n) is 6.17. The van der Waals surface area contributed by atoms with Gasteiger partial charge < -0.3 is 4.57 Å². The fraction of sp³-hybridized carbons (Fsp3) is 0.231. The third-order valence-corrected chi connectivity index (χ3v) is 3.44. The Kier molecular flexibility index (Phi) is 3.80. The van der Waals surface area contributed by atoms with Crippen LogP contribution in [-0.2, 0) is 13.0 Å². The van der Waals surface area contributed by atoms with Gasteiger partial charge in [-0.1, -0.05) is 11.6 Å². The number of imidazole rings is 1. The van der Waals surface area contributed by atoms with E-state index in [4.69, 9.17) is 23.2 Å². The first-order chi connectivity index (χ1) is 9.74. The average Bonchev–Trinajstić information content (AvgIpc) is 2.83. The Morgan fingerprint density at radius 1 is 1.10 bits per heavy atom. The molecule has 0 saturated heterocycles. The largest absolute Gasteiger partial charge is 0.315 e. The van der Waals surface area contributed by atoms with E-state index in [2.05, 4.69) is 19.9 Å². The third-order valence-electron chi connectivity index (χ3n) is 3.01. The number of rotatable bonds is 4. The van der Waals surface area contributed by atoms with E-state index in [-0.39, 0.29) is 10.4 Å². The van der Waals surface area contributed by atoms with Crippen molar-refractivity contribution in [1.29, 1.82) is 0 Å². The summed E-state index contributed by atoms with van der Waals surface area (Å²) in [5.74, 6) is 0. The molecular formula is C13H11Cl2N5. The van der Waals surface area contributed by atoms with Crippen molar-refractivity contribution in [2.75, 3.05) is 0 Å². The number of nitrogens with zero attached hydrogens (tertiary/aromatic N) is 5. The molecule has 0 saturated carbocycles. The Balaban J connectivity index is 1.75. The van der Waals surface area contributed by atoms with Crippen molar-refractivity contribution >= 4 is 34.4 Å². The highest BCUT2D eigenvalue weighted by molar-refractivity contribution is 6.35. The fourth-order valence-corrected chi connectivity index (χ4v) is 2.47. The highest BCUT2D eigenvalue weighted by atomic mass is 35.5. The molecule has 0 aliphatic heterocycles. The molecule has 0 unspecified atom stereocenters. The number of halogens is 2. The van der Waals surface area contributed by atoms with Crippen molar-refractivity contribution in [3.05, 3.63) is 46.9 Å². The van der Waals surface area contributed by atoms with E-state index in [9.17, 15) is 0 Å². The molecule has 0 spiro atoms. The summed E-state index contributed by atoms with van der Waals surface area (Å²) >= 11 is 11.8. The van der Waals surface area contributed by atoms with Crippen molar-refractivity contribution < 1.29 is 0 Å². The summed E-state index contributed by atoms with van der Waals surface area (Å²) < 4.78 is 1.94. The van der Waals surface area contributed by atoms with Crippen LogP contribution in [0.5, 0.6) is 0 Å². The van der Waals surface area contributed by atoms with Gasteiger partial charge in [0.05, 0.1) is 6.33 Å². The zero-order chi connectivity index (χ0) is 13.9. The molecule has 0 bridgehead atoms. The van der Waals surface area contributed by atoms with Crippen LogP contribution in [0.15, 0.2) is 30.9 Å². The van der Waals surface area contributed by atoms with Crippen LogP contribution in [0.4, 0.5) is 0 Å². The molecule has 0 N–H and O–H groups in total. The Labute approximate surface area is 125 Å². The molecule has 0 radical (unpaired) electrons. The molecule has 20 heavy (non-hydrogen) atoms. The number of hydrogen-bond donors (Lipinski definition) is 0. The molecule has 0 atom stereocenters. The minimum Gasteiger partial charge on any atom is -0.315 e. The summed E-state index contributed by atoms with van der Waals surface area (Å²) in [4.78, 5) is 16.3. The van der Waals surface area contributed by atoms with Crippen LogP contribution in [-0.4, -0.2) is 24.5 Å². The van der Waals surface area contributed by atoms with Gasteiger partial charge in [0.25, 0.3) is 0 Å². The molecule has 102 valence electrons. The highest BCUT2D eigenvalue weighted by Crippen LogP contribution is 2.20. The Bertz CT molecular complexity index is 726. The van der Waals surface area contributed by atoms with Gasteiger partial charge in [0.2, 0.25) is 5.28 Å². The first kappa shape index (κ1) is 13.3. The molecule has 5 nitrogen and oxygen atoms in total. The maximum absolute atomic E-state index is 5.99. The number of aryl methyl sites for hydroxylation is 2. The van der Waals surface area contributed by atoms with E-state index in [0.717, 1.165) is 19.4 Å². The summed E-state index contributed by atoms with van der Waals surface area (Å²) in [6, 6.07) is 4.03. The number of fused-ring (bicyclic) bond motifs is 1. The lowest BCUT2D eigenvalue weighted by Crippen LogP contribution is -2.00. The van der Waals surface area contributed by atoms with Crippen molar-refractivity contribution in [3.8, 4) is 0 Å². The quantitative estimate of drug-likeness (QED) is 0.549.